The summed E-state index contributed by atoms with van der Waals surface area (Å²) in [7, 11) is 1.69. The van der Waals surface area contributed by atoms with Crippen molar-refractivity contribution >= 4 is 5.71 Å². The van der Waals surface area contributed by atoms with Crippen LogP contribution >= 0.6 is 0 Å². The van der Waals surface area contributed by atoms with Gasteiger partial charge in [0.1, 0.15) is 0 Å². The van der Waals surface area contributed by atoms with Gasteiger partial charge in [0.2, 0.25) is 5.88 Å². The van der Waals surface area contributed by atoms with Crippen LogP contribution in [0.25, 0.3) is 0 Å². The van der Waals surface area contributed by atoms with Crippen molar-refractivity contribution < 1.29 is 9.47 Å². The number of pyridine rings is 1. The molecule has 6 nitrogen and oxygen atoms in total. The molecule has 1 aliphatic rings. The largest absolute Gasteiger partial charge is 0.477 e. The first-order valence-electron chi connectivity index (χ1n) is 7.89. The topological polar surface area (TPSA) is 61.5 Å². The number of fused-ring (bicyclic) bond motifs is 1. The lowest BCUT2D eigenvalue weighted by molar-refractivity contribution is 0.170. The quantitative estimate of drug-likeness (QED) is 0.737. The standard InChI is InChI=1S/C17H22N4O2/c1-12(2)21-11-14(10-20-21)16-15-13(9-19-16)5-6-18-17(15)23-8-4-7-22-3/h5-6,10-12H,4,7-9H2,1-3H3. The fraction of sp³-hybridized carbons (Fsp3) is 0.471. The summed E-state index contributed by atoms with van der Waals surface area (Å²) in [6, 6.07) is 2.32. The van der Waals surface area contributed by atoms with Gasteiger partial charge in [-0.1, -0.05) is 0 Å². The number of methoxy groups -OCH3 is 1. The molecule has 122 valence electrons. The van der Waals surface area contributed by atoms with Gasteiger partial charge in [-0.2, -0.15) is 5.10 Å². The molecule has 0 aromatic carbocycles. The molecule has 0 atom stereocenters. The highest BCUT2D eigenvalue weighted by Crippen LogP contribution is 2.29. The SMILES string of the molecule is COCCCOc1nccc2c1C(c1cnn(C(C)C)c1)=NC2. The molecule has 3 rings (SSSR count). The van der Waals surface area contributed by atoms with E-state index in [-0.39, 0.29) is 0 Å². The summed E-state index contributed by atoms with van der Waals surface area (Å²) in [5.74, 6) is 0.646. The summed E-state index contributed by atoms with van der Waals surface area (Å²) in [5, 5.41) is 4.41. The van der Waals surface area contributed by atoms with E-state index in [1.807, 2.05) is 23.1 Å². The number of nitrogens with zero attached hydrogens (tertiary/aromatic N) is 4. The average Bonchev–Trinajstić information content (AvgIpc) is 3.18. The van der Waals surface area contributed by atoms with Gasteiger partial charge in [-0.15, -0.1) is 0 Å². The van der Waals surface area contributed by atoms with Crippen LogP contribution in [0.5, 0.6) is 5.88 Å². The molecule has 0 unspecified atom stereocenters. The minimum absolute atomic E-state index is 0.323. The maximum Gasteiger partial charge on any atom is 0.223 e. The van der Waals surface area contributed by atoms with E-state index in [1.54, 1.807) is 13.3 Å². The zero-order chi connectivity index (χ0) is 16.2. The van der Waals surface area contributed by atoms with Gasteiger partial charge in [0.05, 0.1) is 30.6 Å². The smallest absolute Gasteiger partial charge is 0.223 e. The molecular weight excluding hydrogens is 292 g/mol. The van der Waals surface area contributed by atoms with Crippen molar-refractivity contribution in [1.29, 1.82) is 0 Å². The van der Waals surface area contributed by atoms with E-state index in [0.717, 1.165) is 28.8 Å². The van der Waals surface area contributed by atoms with Crippen LogP contribution in [0.3, 0.4) is 0 Å². The molecule has 6 heteroatoms. The Kier molecular flexibility index (Phi) is 4.71. The van der Waals surface area contributed by atoms with E-state index < -0.39 is 0 Å². The van der Waals surface area contributed by atoms with Crippen LogP contribution in [0.4, 0.5) is 0 Å². The van der Waals surface area contributed by atoms with Crippen molar-refractivity contribution in [2.45, 2.75) is 32.9 Å². The van der Waals surface area contributed by atoms with Crippen LogP contribution < -0.4 is 4.74 Å². The summed E-state index contributed by atoms with van der Waals surface area (Å²) in [5.41, 5.74) is 4.07. The van der Waals surface area contributed by atoms with Crippen LogP contribution in [0, 0.1) is 0 Å². The average molecular weight is 314 g/mol. The molecule has 2 aromatic rings. The third kappa shape index (κ3) is 3.27. The molecule has 0 bridgehead atoms. The third-order valence-corrected chi connectivity index (χ3v) is 3.78. The molecule has 0 aliphatic carbocycles. The van der Waals surface area contributed by atoms with Gasteiger partial charge in [-0.3, -0.25) is 9.67 Å². The zero-order valence-corrected chi connectivity index (χ0v) is 13.8. The highest BCUT2D eigenvalue weighted by atomic mass is 16.5. The molecule has 0 saturated heterocycles. The Balaban J connectivity index is 1.85. The second kappa shape index (κ2) is 6.91. The van der Waals surface area contributed by atoms with Crippen LogP contribution in [0.15, 0.2) is 29.6 Å². The predicted octanol–water partition coefficient (Wildman–Crippen LogP) is 2.63. The second-order valence-electron chi connectivity index (χ2n) is 5.81. The van der Waals surface area contributed by atoms with Crippen molar-refractivity contribution in [2.75, 3.05) is 20.3 Å². The third-order valence-electron chi connectivity index (χ3n) is 3.78. The summed E-state index contributed by atoms with van der Waals surface area (Å²) >= 11 is 0. The maximum atomic E-state index is 5.86. The minimum atomic E-state index is 0.323. The Morgan fingerprint density at radius 3 is 2.91 bits per heavy atom. The van der Waals surface area contributed by atoms with Crippen LogP contribution in [-0.2, 0) is 11.3 Å². The van der Waals surface area contributed by atoms with Gasteiger partial charge < -0.3 is 9.47 Å². The minimum Gasteiger partial charge on any atom is -0.477 e. The van der Waals surface area contributed by atoms with Crippen molar-refractivity contribution in [3.63, 3.8) is 0 Å². The summed E-state index contributed by atoms with van der Waals surface area (Å²) in [6.45, 7) is 6.13. The Hall–Kier alpha value is -2.21. The van der Waals surface area contributed by atoms with E-state index in [1.165, 1.54) is 0 Å². The number of rotatable bonds is 7. The number of hydrogen-bond acceptors (Lipinski definition) is 5. The van der Waals surface area contributed by atoms with Crippen molar-refractivity contribution in [3.05, 3.63) is 41.3 Å². The summed E-state index contributed by atoms with van der Waals surface area (Å²) in [4.78, 5) is 9.06. The Bertz CT molecular complexity index is 706. The molecule has 3 heterocycles. The molecule has 0 fully saturated rings. The first-order chi connectivity index (χ1) is 11.2. The lowest BCUT2D eigenvalue weighted by atomic mass is 10.0. The van der Waals surface area contributed by atoms with Crippen molar-refractivity contribution in [2.24, 2.45) is 4.99 Å². The molecule has 2 aromatic heterocycles. The second-order valence-corrected chi connectivity index (χ2v) is 5.81. The van der Waals surface area contributed by atoms with Crippen LogP contribution in [-0.4, -0.2) is 40.8 Å². The van der Waals surface area contributed by atoms with E-state index in [2.05, 4.69) is 28.9 Å². The van der Waals surface area contributed by atoms with E-state index in [4.69, 9.17) is 9.47 Å². The Morgan fingerprint density at radius 2 is 2.17 bits per heavy atom. The summed E-state index contributed by atoms with van der Waals surface area (Å²) < 4.78 is 12.8. The number of hydrogen-bond donors (Lipinski definition) is 0. The van der Waals surface area contributed by atoms with Crippen LogP contribution in [0.1, 0.15) is 43.0 Å². The molecule has 23 heavy (non-hydrogen) atoms. The molecular formula is C17H22N4O2. The number of aromatic nitrogens is 3. The Morgan fingerprint density at radius 1 is 1.30 bits per heavy atom. The van der Waals surface area contributed by atoms with E-state index in [9.17, 15) is 0 Å². The molecule has 0 N–H and O–H groups in total. The molecule has 0 radical (unpaired) electrons. The number of ether oxygens (including phenoxy) is 2. The highest BCUT2D eigenvalue weighted by molar-refractivity contribution is 6.16. The molecule has 1 aliphatic heterocycles. The molecule has 0 spiro atoms. The van der Waals surface area contributed by atoms with Crippen molar-refractivity contribution in [1.82, 2.24) is 14.8 Å². The normalized spacial score (nSPS) is 13.3. The molecule has 0 saturated carbocycles. The Labute approximate surface area is 136 Å². The van der Waals surface area contributed by atoms with Gasteiger partial charge in [-0.25, -0.2) is 4.98 Å². The fourth-order valence-electron chi connectivity index (χ4n) is 2.57. The molecule has 0 amide bonds. The highest BCUT2D eigenvalue weighted by Gasteiger charge is 2.24. The van der Waals surface area contributed by atoms with E-state index >= 15 is 0 Å². The van der Waals surface area contributed by atoms with E-state index in [0.29, 0.717) is 31.7 Å². The van der Waals surface area contributed by atoms with Crippen molar-refractivity contribution in [3.8, 4) is 5.88 Å². The summed E-state index contributed by atoms with van der Waals surface area (Å²) in [6.07, 6.45) is 6.50. The van der Waals surface area contributed by atoms with Gasteiger partial charge in [-0.05, 0) is 25.5 Å². The van der Waals surface area contributed by atoms with Gasteiger partial charge >= 0.3 is 0 Å². The van der Waals surface area contributed by atoms with Gasteiger partial charge in [0, 0.05) is 44.1 Å². The van der Waals surface area contributed by atoms with Gasteiger partial charge in [0.15, 0.2) is 0 Å². The first kappa shape index (κ1) is 15.7. The zero-order valence-electron chi connectivity index (χ0n) is 13.8. The first-order valence-corrected chi connectivity index (χ1v) is 7.89. The number of aliphatic imine (C=N–C) groups is 1. The monoisotopic (exact) mass is 314 g/mol. The van der Waals surface area contributed by atoms with Gasteiger partial charge in [0.25, 0.3) is 0 Å². The fourth-order valence-corrected chi connectivity index (χ4v) is 2.57. The lowest BCUT2D eigenvalue weighted by Crippen LogP contribution is -2.09. The van der Waals surface area contributed by atoms with Crippen LogP contribution in [0.2, 0.25) is 0 Å². The predicted molar refractivity (Wildman–Crippen MR) is 88.2 cm³/mol. The maximum absolute atomic E-state index is 5.86. The lowest BCUT2D eigenvalue weighted by Gasteiger charge is -2.10.